The molecule has 2 aromatic heterocycles. The summed E-state index contributed by atoms with van der Waals surface area (Å²) in [5.41, 5.74) is 6.54. The van der Waals surface area contributed by atoms with E-state index in [1.807, 2.05) is 41.3 Å². The number of hydrogen-bond donors (Lipinski definition) is 2. The van der Waals surface area contributed by atoms with Crippen molar-refractivity contribution in [2.45, 2.75) is 69.7 Å². The van der Waals surface area contributed by atoms with Crippen LogP contribution in [0.5, 0.6) is 17.6 Å². The van der Waals surface area contributed by atoms with Crippen LogP contribution >= 0.6 is 23.2 Å². The van der Waals surface area contributed by atoms with Crippen LogP contribution in [-0.2, 0) is 29.1 Å². The molecule has 4 aromatic rings. The SMILES string of the molecule is COc1nc(-c2cccc(-c3cccc4c3CC[C@@H]4Oc3nc(OC)c(CN4CC[C@@H]5C[C@@]54C(=O)O)cc3Cl)c2Cl)ccc1CNC[C@@H]1CCC(=O)C1. The van der Waals surface area contributed by atoms with E-state index in [1.165, 1.54) is 0 Å². The minimum atomic E-state index is -0.787. The summed E-state index contributed by atoms with van der Waals surface area (Å²) in [6, 6.07) is 17.9. The number of aromatic nitrogens is 2. The van der Waals surface area contributed by atoms with Gasteiger partial charge in [0, 0.05) is 48.2 Å². The molecule has 1 aliphatic heterocycles. The third kappa shape index (κ3) is 6.64. The quantitative estimate of drug-likeness (QED) is 0.140. The molecule has 53 heavy (non-hydrogen) atoms. The van der Waals surface area contributed by atoms with Gasteiger partial charge in [-0.05, 0) is 85.9 Å². The number of methoxy groups -OCH3 is 2. The van der Waals surface area contributed by atoms with Crippen molar-refractivity contribution >= 4 is 35.0 Å². The molecule has 10 nitrogen and oxygen atoms in total. The second kappa shape index (κ2) is 14.5. The first-order valence-electron chi connectivity index (χ1n) is 18.3. The molecule has 3 heterocycles. The predicted molar refractivity (Wildman–Crippen MR) is 202 cm³/mol. The van der Waals surface area contributed by atoms with Gasteiger partial charge in [0.15, 0.2) is 0 Å². The monoisotopic (exact) mass is 756 g/mol. The van der Waals surface area contributed by atoms with Gasteiger partial charge in [0.1, 0.15) is 22.4 Å². The number of benzene rings is 2. The van der Waals surface area contributed by atoms with Crippen LogP contribution in [0.2, 0.25) is 10.0 Å². The highest BCUT2D eigenvalue weighted by Gasteiger charge is 2.67. The number of halogens is 2. The predicted octanol–water partition coefficient (Wildman–Crippen LogP) is 7.71. The number of nitrogens with one attached hydrogen (secondary N) is 1. The number of ketones is 1. The maximum absolute atomic E-state index is 12.1. The Hall–Kier alpha value is -4.22. The van der Waals surface area contributed by atoms with Gasteiger partial charge in [0.05, 0.1) is 24.9 Å². The fourth-order valence-corrected chi connectivity index (χ4v) is 9.26. The van der Waals surface area contributed by atoms with Crippen LogP contribution in [0.15, 0.2) is 54.6 Å². The third-order valence-electron chi connectivity index (χ3n) is 11.6. The van der Waals surface area contributed by atoms with Crippen molar-refractivity contribution in [2.24, 2.45) is 11.8 Å². The Bertz CT molecular complexity index is 2090. The van der Waals surface area contributed by atoms with E-state index < -0.39 is 11.5 Å². The van der Waals surface area contributed by atoms with Crippen LogP contribution in [0, 0.1) is 11.8 Å². The lowest BCUT2D eigenvalue weighted by atomic mass is 9.94. The van der Waals surface area contributed by atoms with Crippen LogP contribution in [0.25, 0.3) is 22.4 Å². The van der Waals surface area contributed by atoms with Crippen LogP contribution in [0.1, 0.15) is 66.9 Å². The summed E-state index contributed by atoms with van der Waals surface area (Å²) in [6.07, 6.45) is 5.06. The maximum Gasteiger partial charge on any atom is 0.324 e. The summed E-state index contributed by atoms with van der Waals surface area (Å²) in [7, 11) is 3.17. The van der Waals surface area contributed by atoms with E-state index in [0.29, 0.717) is 78.1 Å². The van der Waals surface area contributed by atoms with Crippen molar-refractivity contribution in [3.63, 3.8) is 0 Å². The number of aliphatic carboxylic acids is 1. The molecule has 4 atom stereocenters. The lowest BCUT2D eigenvalue weighted by Crippen LogP contribution is -2.41. The number of rotatable bonds is 13. The molecule has 1 saturated heterocycles. The van der Waals surface area contributed by atoms with Gasteiger partial charge in [-0.2, -0.15) is 4.98 Å². The second-order valence-corrected chi connectivity index (χ2v) is 15.4. The molecule has 0 unspecified atom stereocenters. The Morgan fingerprint density at radius 3 is 2.47 bits per heavy atom. The molecule has 3 fully saturated rings. The Balaban J connectivity index is 1.00. The molecule has 0 bridgehead atoms. The van der Waals surface area contributed by atoms with Crippen molar-refractivity contribution in [1.29, 1.82) is 0 Å². The van der Waals surface area contributed by atoms with Gasteiger partial charge in [-0.3, -0.25) is 14.5 Å². The van der Waals surface area contributed by atoms with Crippen LogP contribution in [0.3, 0.4) is 0 Å². The summed E-state index contributed by atoms with van der Waals surface area (Å²) < 4.78 is 17.8. The van der Waals surface area contributed by atoms with Crippen LogP contribution in [-0.4, -0.2) is 64.6 Å². The number of piperidine rings is 1. The first kappa shape index (κ1) is 35.8. The summed E-state index contributed by atoms with van der Waals surface area (Å²) in [4.78, 5) is 35.3. The number of carbonyl (C=O) groups is 2. The second-order valence-electron chi connectivity index (χ2n) is 14.6. The van der Waals surface area contributed by atoms with Gasteiger partial charge >= 0.3 is 5.97 Å². The summed E-state index contributed by atoms with van der Waals surface area (Å²) in [6.45, 7) is 2.49. The van der Waals surface area contributed by atoms with E-state index in [-0.39, 0.29) is 17.9 Å². The molecule has 276 valence electrons. The molecule has 2 saturated carbocycles. The first-order chi connectivity index (χ1) is 25.7. The Morgan fingerprint density at radius 1 is 0.943 bits per heavy atom. The van der Waals surface area contributed by atoms with E-state index in [2.05, 4.69) is 22.4 Å². The van der Waals surface area contributed by atoms with Gasteiger partial charge in [-0.15, -0.1) is 0 Å². The van der Waals surface area contributed by atoms with Gasteiger partial charge in [-0.1, -0.05) is 65.7 Å². The smallest absolute Gasteiger partial charge is 0.324 e. The lowest BCUT2D eigenvalue weighted by Gasteiger charge is -2.25. The summed E-state index contributed by atoms with van der Waals surface area (Å²) in [5.74, 6) is 1.36. The van der Waals surface area contributed by atoms with Crippen molar-refractivity contribution in [3.8, 4) is 40.0 Å². The highest BCUT2D eigenvalue weighted by Crippen LogP contribution is 2.56. The average molecular weight is 758 g/mol. The van der Waals surface area contributed by atoms with Crippen molar-refractivity contribution in [1.82, 2.24) is 20.2 Å². The minimum Gasteiger partial charge on any atom is -0.481 e. The standard InChI is InChI=1S/C41H42Cl2N4O6/c1-51-37-24(21-44-20-23-9-11-27(48)17-23)10-13-34(45-37)32-8-4-7-31(36(32)43)28-5-3-6-30-29(28)12-14-35(30)53-39-33(42)18-25(38(46-39)52-2)22-47-16-15-26-19-41(26,47)40(49)50/h3-8,10,13,18,23,26,35,44H,9,11-12,14-17,19-22H2,1-2H3,(H,49,50)/t23-,26-,35+,41+/m1/s1. The number of hydrogen-bond acceptors (Lipinski definition) is 9. The fraction of sp³-hybridized carbons (Fsp3) is 0.415. The van der Waals surface area contributed by atoms with E-state index in [0.717, 1.165) is 71.2 Å². The molecular formula is C41H42Cl2N4O6. The minimum absolute atomic E-state index is 0.197. The number of pyridine rings is 2. The van der Waals surface area contributed by atoms with Crippen molar-refractivity contribution < 1.29 is 28.9 Å². The number of Topliss-reactive ketones (excluding diaryl/α,β-unsaturated/α-hetero) is 1. The fourth-order valence-electron chi connectivity index (χ4n) is 8.72. The third-order valence-corrected chi connectivity index (χ3v) is 12.2. The van der Waals surface area contributed by atoms with E-state index in [4.69, 9.17) is 42.4 Å². The number of carboxylic acids is 1. The number of nitrogens with zero attached hydrogens (tertiary/aromatic N) is 3. The molecule has 12 heteroatoms. The summed E-state index contributed by atoms with van der Waals surface area (Å²) in [5, 5.41) is 14.3. The number of carbonyl (C=O) groups excluding carboxylic acids is 1. The largest absolute Gasteiger partial charge is 0.481 e. The Labute approximate surface area is 318 Å². The first-order valence-corrected chi connectivity index (χ1v) is 19.0. The number of likely N-dealkylation sites (tertiary alicyclic amines) is 1. The van der Waals surface area contributed by atoms with Gasteiger partial charge in [0.25, 0.3) is 0 Å². The van der Waals surface area contributed by atoms with Gasteiger partial charge in [-0.25, -0.2) is 4.98 Å². The lowest BCUT2D eigenvalue weighted by molar-refractivity contribution is -0.144. The summed E-state index contributed by atoms with van der Waals surface area (Å²) >= 11 is 14.0. The van der Waals surface area contributed by atoms with Crippen molar-refractivity contribution in [3.05, 3.63) is 86.9 Å². The Morgan fingerprint density at radius 2 is 1.72 bits per heavy atom. The highest BCUT2D eigenvalue weighted by atomic mass is 35.5. The topological polar surface area (TPSA) is 123 Å². The zero-order chi connectivity index (χ0) is 36.9. The zero-order valence-electron chi connectivity index (χ0n) is 29.8. The molecule has 3 aliphatic carbocycles. The zero-order valence-corrected chi connectivity index (χ0v) is 31.3. The average Bonchev–Trinajstić information content (AvgIpc) is 3.35. The maximum atomic E-state index is 12.1. The van der Waals surface area contributed by atoms with Gasteiger partial charge in [0.2, 0.25) is 17.6 Å². The Kier molecular flexibility index (Phi) is 9.82. The van der Waals surface area contributed by atoms with E-state index in [1.54, 1.807) is 20.3 Å². The number of fused-ring (bicyclic) bond motifs is 2. The van der Waals surface area contributed by atoms with Crippen LogP contribution in [0.4, 0.5) is 0 Å². The number of ether oxygens (including phenoxy) is 3. The molecule has 0 spiro atoms. The van der Waals surface area contributed by atoms with E-state index in [9.17, 15) is 14.7 Å². The molecule has 4 aliphatic rings. The molecule has 2 N–H and O–H groups in total. The molecule has 2 aromatic carbocycles. The van der Waals surface area contributed by atoms with Gasteiger partial charge < -0.3 is 24.6 Å². The molecule has 0 radical (unpaired) electrons. The molecular weight excluding hydrogens is 715 g/mol. The van der Waals surface area contributed by atoms with Crippen molar-refractivity contribution in [2.75, 3.05) is 27.3 Å². The van der Waals surface area contributed by atoms with E-state index >= 15 is 0 Å². The molecule has 8 rings (SSSR count). The number of carboxylic acid groups (broad SMARTS) is 1. The highest BCUT2D eigenvalue weighted by molar-refractivity contribution is 6.36. The molecule has 0 amide bonds. The van der Waals surface area contributed by atoms with Crippen LogP contribution < -0.4 is 19.5 Å². The normalized spacial score (nSPS) is 23.2.